The van der Waals surface area contributed by atoms with Crippen molar-refractivity contribution in [2.24, 2.45) is 0 Å². The highest BCUT2D eigenvalue weighted by Gasteiger charge is 2.18. The van der Waals surface area contributed by atoms with Crippen molar-refractivity contribution in [3.05, 3.63) is 46.8 Å². The number of halogens is 1. The van der Waals surface area contributed by atoms with Crippen LogP contribution in [0, 0.1) is 12.9 Å². The van der Waals surface area contributed by atoms with Crippen molar-refractivity contribution in [1.82, 2.24) is 19.9 Å². The topological polar surface area (TPSA) is 67.9 Å². The zero-order valence-electron chi connectivity index (χ0n) is 11.3. The van der Waals surface area contributed by atoms with Crippen LogP contribution in [0.3, 0.4) is 0 Å². The lowest BCUT2D eigenvalue weighted by Gasteiger charge is -2.27. The normalized spacial score (nSPS) is 15.1. The fourth-order valence-electron chi connectivity index (χ4n) is 2.49. The van der Waals surface area contributed by atoms with Gasteiger partial charge >= 0.3 is 0 Å². The summed E-state index contributed by atoms with van der Waals surface area (Å²) in [6, 6.07) is 1.84. The molecule has 0 aliphatic carbocycles. The molecule has 1 aliphatic rings. The van der Waals surface area contributed by atoms with Crippen molar-refractivity contribution >= 4 is 5.95 Å². The van der Waals surface area contributed by atoms with Gasteiger partial charge in [0.15, 0.2) is 0 Å². The van der Waals surface area contributed by atoms with Crippen LogP contribution in [-0.2, 0) is 19.5 Å². The van der Waals surface area contributed by atoms with Crippen molar-refractivity contribution in [2.75, 3.05) is 12.3 Å². The van der Waals surface area contributed by atoms with Crippen LogP contribution in [0.1, 0.15) is 22.4 Å². The third kappa shape index (κ3) is 2.60. The lowest BCUT2D eigenvalue weighted by atomic mass is 10.1. The minimum absolute atomic E-state index is 0.329. The molecule has 0 spiro atoms. The van der Waals surface area contributed by atoms with Crippen LogP contribution in [0.2, 0.25) is 0 Å². The molecule has 3 rings (SSSR count). The molecule has 0 radical (unpaired) electrons. The molecule has 0 atom stereocenters. The number of nitrogens with zero attached hydrogens (tertiary/aromatic N) is 4. The number of pyridine rings is 1. The molecule has 0 amide bonds. The molecule has 5 nitrogen and oxygen atoms in total. The summed E-state index contributed by atoms with van der Waals surface area (Å²) >= 11 is 0. The SMILES string of the molecule is Cc1cc(CN2CCc3nc(N)ncc3C2)cnc1F. The maximum absolute atomic E-state index is 13.2. The Hall–Kier alpha value is -2.08. The Labute approximate surface area is 116 Å². The first-order valence-electron chi connectivity index (χ1n) is 6.55. The molecule has 104 valence electrons. The summed E-state index contributed by atoms with van der Waals surface area (Å²) in [5.41, 5.74) is 9.33. The summed E-state index contributed by atoms with van der Waals surface area (Å²) < 4.78 is 13.2. The van der Waals surface area contributed by atoms with Crippen LogP contribution >= 0.6 is 0 Å². The first-order chi connectivity index (χ1) is 9.61. The maximum Gasteiger partial charge on any atom is 0.220 e. The molecule has 2 N–H and O–H groups in total. The molecular weight excluding hydrogens is 257 g/mol. The molecule has 20 heavy (non-hydrogen) atoms. The van der Waals surface area contributed by atoms with E-state index in [1.165, 1.54) is 0 Å². The summed E-state index contributed by atoms with van der Waals surface area (Å²) in [5, 5.41) is 0. The van der Waals surface area contributed by atoms with Gasteiger partial charge in [-0.3, -0.25) is 4.90 Å². The van der Waals surface area contributed by atoms with Gasteiger partial charge in [-0.15, -0.1) is 0 Å². The second kappa shape index (κ2) is 5.13. The van der Waals surface area contributed by atoms with Gasteiger partial charge in [0.1, 0.15) is 0 Å². The molecule has 2 aromatic heterocycles. The van der Waals surface area contributed by atoms with Crippen LogP contribution in [-0.4, -0.2) is 26.4 Å². The molecule has 0 bridgehead atoms. The average molecular weight is 273 g/mol. The fourth-order valence-corrected chi connectivity index (χ4v) is 2.49. The molecule has 2 aromatic rings. The highest BCUT2D eigenvalue weighted by Crippen LogP contribution is 2.19. The first-order valence-corrected chi connectivity index (χ1v) is 6.55. The summed E-state index contributed by atoms with van der Waals surface area (Å²) in [4.78, 5) is 14.3. The van der Waals surface area contributed by atoms with E-state index in [1.807, 2.05) is 6.07 Å². The monoisotopic (exact) mass is 273 g/mol. The predicted octanol–water partition coefficient (Wildman–Crippen LogP) is 1.46. The summed E-state index contributed by atoms with van der Waals surface area (Å²) in [6.45, 7) is 4.16. The minimum Gasteiger partial charge on any atom is -0.368 e. The van der Waals surface area contributed by atoms with E-state index >= 15 is 0 Å². The van der Waals surface area contributed by atoms with Crippen molar-refractivity contribution in [3.63, 3.8) is 0 Å². The zero-order chi connectivity index (χ0) is 14.1. The Morgan fingerprint density at radius 3 is 3.00 bits per heavy atom. The summed E-state index contributed by atoms with van der Waals surface area (Å²) in [5.74, 6) is -0.0721. The van der Waals surface area contributed by atoms with Crippen molar-refractivity contribution in [2.45, 2.75) is 26.4 Å². The van der Waals surface area contributed by atoms with E-state index in [2.05, 4.69) is 19.9 Å². The van der Waals surface area contributed by atoms with Gasteiger partial charge < -0.3 is 5.73 Å². The fraction of sp³-hybridized carbons (Fsp3) is 0.357. The quantitative estimate of drug-likeness (QED) is 0.839. The van der Waals surface area contributed by atoms with E-state index in [0.29, 0.717) is 11.5 Å². The largest absolute Gasteiger partial charge is 0.368 e. The van der Waals surface area contributed by atoms with Gasteiger partial charge in [-0.2, -0.15) is 4.39 Å². The number of anilines is 1. The number of nitrogens with two attached hydrogens (primary N) is 1. The highest BCUT2D eigenvalue weighted by molar-refractivity contribution is 5.27. The minimum atomic E-state index is -0.401. The molecule has 0 saturated carbocycles. The number of fused-ring (bicyclic) bond motifs is 1. The van der Waals surface area contributed by atoms with E-state index in [1.54, 1.807) is 19.3 Å². The molecule has 3 heterocycles. The predicted molar refractivity (Wildman–Crippen MR) is 73.2 cm³/mol. The molecule has 0 aromatic carbocycles. The van der Waals surface area contributed by atoms with Gasteiger partial charge in [0.05, 0.1) is 5.69 Å². The van der Waals surface area contributed by atoms with Crippen molar-refractivity contribution < 1.29 is 4.39 Å². The zero-order valence-corrected chi connectivity index (χ0v) is 11.3. The second-order valence-electron chi connectivity index (χ2n) is 5.11. The molecule has 0 fully saturated rings. The van der Waals surface area contributed by atoms with Gasteiger partial charge in [0.25, 0.3) is 0 Å². The van der Waals surface area contributed by atoms with Gasteiger partial charge in [-0.05, 0) is 18.6 Å². The number of nitrogen functional groups attached to an aromatic ring is 1. The second-order valence-corrected chi connectivity index (χ2v) is 5.11. The lowest BCUT2D eigenvalue weighted by molar-refractivity contribution is 0.242. The smallest absolute Gasteiger partial charge is 0.220 e. The third-order valence-corrected chi connectivity index (χ3v) is 3.51. The van der Waals surface area contributed by atoms with E-state index in [-0.39, 0.29) is 0 Å². The Morgan fingerprint density at radius 2 is 2.20 bits per heavy atom. The molecule has 1 aliphatic heterocycles. The Bertz CT molecular complexity index is 643. The Kier molecular flexibility index (Phi) is 3.31. The van der Waals surface area contributed by atoms with E-state index < -0.39 is 5.95 Å². The number of rotatable bonds is 2. The van der Waals surface area contributed by atoms with Gasteiger partial charge in [0.2, 0.25) is 11.9 Å². The van der Waals surface area contributed by atoms with Crippen LogP contribution < -0.4 is 5.73 Å². The molecule has 6 heteroatoms. The van der Waals surface area contributed by atoms with E-state index in [4.69, 9.17) is 5.73 Å². The van der Waals surface area contributed by atoms with Crippen molar-refractivity contribution in [3.8, 4) is 0 Å². The van der Waals surface area contributed by atoms with Crippen LogP contribution in [0.15, 0.2) is 18.5 Å². The summed E-state index contributed by atoms with van der Waals surface area (Å²) in [6.07, 6.45) is 4.24. The number of aromatic nitrogens is 3. The number of aryl methyl sites for hydroxylation is 1. The lowest BCUT2D eigenvalue weighted by Crippen LogP contribution is -2.31. The molecule has 0 unspecified atom stereocenters. The van der Waals surface area contributed by atoms with Gasteiger partial charge in [-0.1, -0.05) is 0 Å². The number of hydrogen-bond donors (Lipinski definition) is 1. The van der Waals surface area contributed by atoms with Gasteiger partial charge in [-0.25, -0.2) is 15.0 Å². The third-order valence-electron chi connectivity index (χ3n) is 3.51. The maximum atomic E-state index is 13.2. The van der Waals surface area contributed by atoms with Crippen LogP contribution in [0.4, 0.5) is 10.3 Å². The average Bonchev–Trinajstić information content (AvgIpc) is 2.43. The van der Waals surface area contributed by atoms with Gasteiger partial charge in [0, 0.05) is 49.6 Å². The van der Waals surface area contributed by atoms with E-state index in [9.17, 15) is 4.39 Å². The standard InChI is InChI=1S/C14H16FN5/c1-9-4-10(5-17-13(9)15)7-20-3-2-12-11(8-20)6-18-14(16)19-12/h4-6H,2-3,7-8H2,1H3,(H2,16,18,19). The first kappa shape index (κ1) is 12.9. The molecular formula is C14H16FN5. The number of hydrogen-bond acceptors (Lipinski definition) is 5. The van der Waals surface area contributed by atoms with Crippen LogP contribution in [0.25, 0.3) is 0 Å². The molecule has 0 saturated heterocycles. The van der Waals surface area contributed by atoms with Crippen molar-refractivity contribution in [1.29, 1.82) is 0 Å². The highest BCUT2D eigenvalue weighted by atomic mass is 19.1. The Morgan fingerprint density at radius 1 is 1.35 bits per heavy atom. The van der Waals surface area contributed by atoms with Crippen LogP contribution in [0.5, 0.6) is 0 Å². The van der Waals surface area contributed by atoms with E-state index in [0.717, 1.165) is 42.9 Å². The summed E-state index contributed by atoms with van der Waals surface area (Å²) in [7, 11) is 0. The Balaban J connectivity index is 1.74.